The third-order valence-corrected chi connectivity index (χ3v) is 7.26. The first kappa shape index (κ1) is 19.4. The van der Waals surface area contributed by atoms with Gasteiger partial charge in [0.25, 0.3) is 0 Å². The summed E-state index contributed by atoms with van der Waals surface area (Å²) < 4.78 is 7.29. The molecule has 0 saturated carbocycles. The van der Waals surface area contributed by atoms with E-state index in [0.29, 0.717) is 12.3 Å². The van der Waals surface area contributed by atoms with Crippen LogP contribution < -0.4 is 5.32 Å². The van der Waals surface area contributed by atoms with Gasteiger partial charge in [0.15, 0.2) is 19.4 Å². The van der Waals surface area contributed by atoms with Gasteiger partial charge in [-0.15, -0.1) is 21.5 Å². The van der Waals surface area contributed by atoms with Gasteiger partial charge in [0.2, 0.25) is 5.91 Å². The lowest BCUT2D eigenvalue weighted by Crippen LogP contribution is -2.25. The Morgan fingerprint density at radius 1 is 1.27 bits per heavy atom. The summed E-state index contributed by atoms with van der Waals surface area (Å²) in [5.41, 5.74) is 0.993. The number of rotatable bonds is 9. The first-order chi connectivity index (χ1) is 12.6. The first-order valence-corrected chi connectivity index (χ1v) is 11.7. The lowest BCUT2D eigenvalue weighted by Gasteiger charge is -2.00. The number of carbonyl (C=O) groups excluding carboxylic acids is 1. The van der Waals surface area contributed by atoms with Gasteiger partial charge in [0.1, 0.15) is 5.76 Å². The van der Waals surface area contributed by atoms with Crippen LogP contribution in [0.15, 0.2) is 30.6 Å². The van der Waals surface area contributed by atoms with Crippen LogP contribution in [0.5, 0.6) is 0 Å². The second kappa shape index (κ2) is 9.54. The number of carbonyl (C=O) groups is 1. The van der Waals surface area contributed by atoms with Crippen LogP contribution in [0, 0.1) is 6.92 Å². The van der Waals surface area contributed by atoms with Crippen molar-refractivity contribution in [3.8, 4) is 10.8 Å². The van der Waals surface area contributed by atoms with Crippen molar-refractivity contribution < 1.29 is 9.21 Å². The van der Waals surface area contributed by atoms with Crippen LogP contribution in [-0.4, -0.2) is 33.4 Å². The number of amides is 1. The Morgan fingerprint density at radius 2 is 2.08 bits per heavy atom. The van der Waals surface area contributed by atoms with Gasteiger partial charge in [-0.2, -0.15) is 0 Å². The maximum atomic E-state index is 11.6. The minimum Gasteiger partial charge on any atom is -0.459 e. The van der Waals surface area contributed by atoms with E-state index in [1.165, 1.54) is 23.1 Å². The van der Waals surface area contributed by atoms with E-state index in [1.54, 1.807) is 23.1 Å². The zero-order valence-corrected chi connectivity index (χ0v) is 17.6. The summed E-state index contributed by atoms with van der Waals surface area (Å²) in [4.78, 5) is 16.2. The van der Waals surface area contributed by atoms with E-state index in [9.17, 15) is 4.79 Å². The van der Waals surface area contributed by atoms with Gasteiger partial charge in [-0.25, -0.2) is 4.98 Å². The SMILES string of the molecule is CCCNC(=O)CSc1nnc(SCc2csc(-c3ccc(C)o3)n2)s1. The van der Waals surface area contributed by atoms with Crippen LogP contribution in [0.1, 0.15) is 24.8 Å². The zero-order valence-electron chi connectivity index (χ0n) is 14.4. The molecule has 0 bridgehead atoms. The minimum absolute atomic E-state index is 0.0319. The average molecular weight is 427 g/mol. The van der Waals surface area contributed by atoms with Crippen molar-refractivity contribution in [2.24, 2.45) is 0 Å². The van der Waals surface area contributed by atoms with Gasteiger partial charge in [-0.3, -0.25) is 4.79 Å². The third-order valence-electron chi connectivity index (χ3n) is 3.13. The molecule has 3 aromatic heterocycles. The largest absolute Gasteiger partial charge is 0.459 e. The second-order valence-electron chi connectivity index (χ2n) is 5.32. The molecule has 138 valence electrons. The molecule has 0 spiro atoms. The third kappa shape index (κ3) is 5.57. The van der Waals surface area contributed by atoms with Crippen molar-refractivity contribution >= 4 is 52.1 Å². The van der Waals surface area contributed by atoms with Gasteiger partial charge in [-0.1, -0.05) is 41.8 Å². The Labute approximate surface area is 168 Å². The highest BCUT2D eigenvalue weighted by atomic mass is 32.2. The van der Waals surface area contributed by atoms with Gasteiger partial charge in [0.05, 0.1) is 11.4 Å². The number of furan rings is 1. The molecule has 0 unspecified atom stereocenters. The zero-order chi connectivity index (χ0) is 18.4. The molecule has 10 heteroatoms. The lowest BCUT2D eigenvalue weighted by atomic mass is 10.4. The topological polar surface area (TPSA) is 80.9 Å². The summed E-state index contributed by atoms with van der Waals surface area (Å²) in [5, 5.41) is 14.1. The quantitative estimate of drug-likeness (QED) is 0.505. The van der Waals surface area contributed by atoms with Crippen molar-refractivity contribution in [3.63, 3.8) is 0 Å². The highest BCUT2D eigenvalue weighted by Gasteiger charge is 2.11. The molecular weight excluding hydrogens is 408 g/mol. The maximum Gasteiger partial charge on any atom is 0.230 e. The number of nitrogens with zero attached hydrogens (tertiary/aromatic N) is 3. The molecule has 0 fully saturated rings. The van der Waals surface area contributed by atoms with Gasteiger partial charge < -0.3 is 9.73 Å². The standard InChI is InChI=1S/C16H18N4O2S4/c1-3-6-17-13(21)9-25-16-20-19-15(26-16)24-8-11-7-23-14(18-11)12-5-4-10(2)22-12/h4-5,7H,3,6,8-9H2,1-2H3,(H,17,21). The molecule has 1 amide bonds. The summed E-state index contributed by atoms with van der Waals surface area (Å²) in [7, 11) is 0. The molecule has 26 heavy (non-hydrogen) atoms. The fourth-order valence-corrected chi connectivity index (χ4v) is 5.56. The maximum absolute atomic E-state index is 11.6. The second-order valence-corrected chi connectivity index (χ2v) is 9.60. The van der Waals surface area contributed by atoms with E-state index in [1.807, 2.05) is 31.4 Å². The summed E-state index contributed by atoms with van der Waals surface area (Å²) in [6.07, 6.45) is 0.938. The Bertz CT molecular complexity index is 858. The van der Waals surface area contributed by atoms with Crippen LogP contribution in [0.2, 0.25) is 0 Å². The number of hydrogen-bond donors (Lipinski definition) is 1. The number of nitrogens with one attached hydrogen (secondary N) is 1. The predicted molar refractivity (Wildman–Crippen MR) is 108 cm³/mol. The molecule has 0 saturated heterocycles. The van der Waals surface area contributed by atoms with Crippen LogP contribution in [-0.2, 0) is 10.5 Å². The van der Waals surface area contributed by atoms with Gasteiger partial charge >= 0.3 is 0 Å². The molecule has 3 heterocycles. The minimum atomic E-state index is 0.0319. The van der Waals surface area contributed by atoms with Crippen LogP contribution in [0.3, 0.4) is 0 Å². The van der Waals surface area contributed by atoms with E-state index < -0.39 is 0 Å². The fraction of sp³-hybridized carbons (Fsp3) is 0.375. The van der Waals surface area contributed by atoms with Crippen molar-refractivity contribution in [2.45, 2.75) is 34.7 Å². The smallest absolute Gasteiger partial charge is 0.230 e. The first-order valence-electron chi connectivity index (χ1n) is 8.01. The molecule has 0 aliphatic heterocycles. The molecule has 3 rings (SSSR count). The predicted octanol–water partition coefficient (Wildman–Crippen LogP) is 4.47. The number of aromatic nitrogens is 3. The monoisotopic (exact) mass is 426 g/mol. The molecule has 0 atom stereocenters. The number of hydrogen-bond acceptors (Lipinski definition) is 9. The Kier molecular flexibility index (Phi) is 7.12. The van der Waals surface area contributed by atoms with E-state index >= 15 is 0 Å². The number of thiazole rings is 1. The highest BCUT2D eigenvalue weighted by molar-refractivity contribution is 8.03. The van der Waals surface area contributed by atoms with Crippen molar-refractivity contribution in [3.05, 3.63) is 29.0 Å². The Morgan fingerprint density at radius 3 is 2.81 bits per heavy atom. The Balaban J connectivity index is 1.47. The van der Waals surface area contributed by atoms with Crippen LogP contribution in [0.4, 0.5) is 0 Å². The number of thioether (sulfide) groups is 2. The van der Waals surface area contributed by atoms with Gasteiger partial charge in [0, 0.05) is 17.7 Å². The molecule has 0 aromatic carbocycles. The molecule has 0 radical (unpaired) electrons. The van der Waals surface area contributed by atoms with Crippen molar-refractivity contribution in [2.75, 3.05) is 12.3 Å². The number of aryl methyl sites for hydroxylation is 1. The summed E-state index contributed by atoms with van der Waals surface area (Å²) in [6, 6.07) is 3.88. The van der Waals surface area contributed by atoms with Crippen molar-refractivity contribution in [1.29, 1.82) is 0 Å². The molecule has 6 nitrogen and oxygen atoms in total. The summed E-state index contributed by atoms with van der Waals surface area (Å²) >= 11 is 6.10. The van der Waals surface area contributed by atoms with Crippen LogP contribution in [0.25, 0.3) is 10.8 Å². The fourth-order valence-electron chi connectivity index (χ4n) is 1.93. The van der Waals surface area contributed by atoms with E-state index in [-0.39, 0.29) is 5.91 Å². The molecule has 0 aliphatic rings. The molecule has 1 N–H and O–H groups in total. The van der Waals surface area contributed by atoms with E-state index in [2.05, 4.69) is 20.5 Å². The normalized spacial score (nSPS) is 11.0. The molecular formula is C16H18N4O2S4. The highest BCUT2D eigenvalue weighted by Crippen LogP contribution is 2.32. The van der Waals surface area contributed by atoms with E-state index in [0.717, 1.165) is 43.1 Å². The van der Waals surface area contributed by atoms with Crippen LogP contribution >= 0.6 is 46.2 Å². The van der Waals surface area contributed by atoms with Crippen molar-refractivity contribution in [1.82, 2.24) is 20.5 Å². The molecule has 0 aliphatic carbocycles. The van der Waals surface area contributed by atoms with E-state index in [4.69, 9.17) is 4.42 Å². The summed E-state index contributed by atoms with van der Waals surface area (Å²) in [6.45, 7) is 4.67. The summed E-state index contributed by atoms with van der Waals surface area (Å²) in [5.74, 6) is 2.82. The van der Waals surface area contributed by atoms with Gasteiger partial charge in [-0.05, 0) is 25.5 Å². The average Bonchev–Trinajstić information content (AvgIpc) is 3.36. The molecule has 3 aromatic rings. The lowest BCUT2D eigenvalue weighted by molar-refractivity contribution is -0.118. The Hall–Kier alpha value is -1.36.